The van der Waals surface area contributed by atoms with Gasteiger partial charge in [-0.1, -0.05) is 12.1 Å². The standard InChI is InChI=1S/C14H14N2OS/c15-7-1-3-10-5-6-12-11(9-10)16-14(17-12)13-4-2-8-18-13/h2,4-6,8-9H,1,3,7,15H2. The van der Waals surface area contributed by atoms with Gasteiger partial charge in [0, 0.05) is 0 Å². The Morgan fingerprint density at radius 2 is 2.22 bits per heavy atom. The van der Waals surface area contributed by atoms with Crippen molar-refractivity contribution in [3.05, 3.63) is 41.3 Å². The van der Waals surface area contributed by atoms with Crippen LogP contribution in [0.2, 0.25) is 0 Å². The van der Waals surface area contributed by atoms with Crippen molar-refractivity contribution < 1.29 is 4.42 Å². The maximum Gasteiger partial charge on any atom is 0.237 e. The molecule has 0 spiro atoms. The molecule has 0 amide bonds. The molecule has 1 aromatic carbocycles. The van der Waals surface area contributed by atoms with Crippen molar-refractivity contribution in [1.82, 2.24) is 4.98 Å². The van der Waals surface area contributed by atoms with Gasteiger partial charge in [-0.2, -0.15) is 0 Å². The third-order valence-electron chi connectivity index (χ3n) is 2.85. The number of aryl methyl sites for hydroxylation is 1. The fraction of sp³-hybridized carbons (Fsp3) is 0.214. The molecule has 4 heteroatoms. The minimum absolute atomic E-state index is 0.705. The number of hydrogen-bond donors (Lipinski definition) is 1. The van der Waals surface area contributed by atoms with Crippen molar-refractivity contribution >= 4 is 22.4 Å². The molecule has 2 heterocycles. The van der Waals surface area contributed by atoms with E-state index in [1.165, 1.54) is 5.56 Å². The predicted molar refractivity (Wildman–Crippen MR) is 74.7 cm³/mol. The molecular weight excluding hydrogens is 244 g/mol. The molecule has 2 aromatic heterocycles. The fourth-order valence-electron chi connectivity index (χ4n) is 1.94. The Labute approximate surface area is 109 Å². The summed E-state index contributed by atoms with van der Waals surface area (Å²) in [6, 6.07) is 10.2. The average molecular weight is 258 g/mol. The van der Waals surface area contributed by atoms with Gasteiger partial charge in [0.25, 0.3) is 0 Å². The first-order valence-corrected chi connectivity index (χ1v) is 6.88. The first-order chi connectivity index (χ1) is 8.86. The van der Waals surface area contributed by atoms with E-state index >= 15 is 0 Å². The Morgan fingerprint density at radius 1 is 1.28 bits per heavy atom. The first kappa shape index (κ1) is 11.4. The SMILES string of the molecule is NCCCc1ccc2oc(-c3cccs3)nc2c1. The van der Waals surface area contributed by atoms with Crippen LogP contribution < -0.4 is 5.73 Å². The first-order valence-electron chi connectivity index (χ1n) is 6.00. The molecule has 0 saturated heterocycles. The summed E-state index contributed by atoms with van der Waals surface area (Å²) in [5.41, 5.74) is 8.55. The van der Waals surface area contributed by atoms with E-state index in [-0.39, 0.29) is 0 Å². The van der Waals surface area contributed by atoms with Crippen LogP contribution in [0.1, 0.15) is 12.0 Å². The van der Waals surface area contributed by atoms with E-state index in [4.69, 9.17) is 10.2 Å². The van der Waals surface area contributed by atoms with Crippen LogP contribution in [0, 0.1) is 0 Å². The van der Waals surface area contributed by atoms with Crippen LogP contribution >= 0.6 is 11.3 Å². The zero-order valence-corrected chi connectivity index (χ0v) is 10.7. The van der Waals surface area contributed by atoms with Crippen LogP contribution in [-0.4, -0.2) is 11.5 Å². The maximum absolute atomic E-state index is 5.75. The van der Waals surface area contributed by atoms with E-state index in [9.17, 15) is 0 Å². The largest absolute Gasteiger partial charge is 0.435 e. The van der Waals surface area contributed by atoms with Crippen molar-refractivity contribution in [2.45, 2.75) is 12.8 Å². The van der Waals surface area contributed by atoms with Gasteiger partial charge in [-0.3, -0.25) is 0 Å². The lowest BCUT2D eigenvalue weighted by Gasteiger charge is -1.97. The number of aromatic nitrogens is 1. The van der Waals surface area contributed by atoms with Crippen LogP contribution in [0.4, 0.5) is 0 Å². The maximum atomic E-state index is 5.75. The number of rotatable bonds is 4. The topological polar surface area (TPSA) is 52.0 Å². The summed E-state index contributed by atoms with van der Waals surface area (Å²) in [5.74, 6) is 0.705. The molecule has 0 fully saturated rings. The molecule has 3 rings (SSSR count). The zero-order chi connectivity index (χ0) is 12.4. The van der Waals surface area contributed by atoms with Crippen LogP contribution in [0.5, 0.6) is 0 Å². The second kappa shape index (κ2) is 4.92. The molecule has 0 radical (unpaired) electrons. The summed E-state index contributed by atoms with van der Waals surface area (Å²) in [6.07, 6.45) is 1.99. The molecule has 0 saturated carbocycles. The van der Waals surface area contributed by atoms with E-state index < -0.39 is 0 Å². The molecule has 18 heavy (non-hydrogen) atoms. The van der Waals surface area contributed by atoms with E-state index in [2.05, 4.69) is 17.1 Å². The number of nitrogens with zero attached hydrogens (tertiary/aromatic N) is 1. The van der Waals surface area contributed by atoms with Crippen molar-refractivity contribution in [2.24, 2.45) is 5.73 Å². The summed E-state index contributed by atoms with van der Waals surface area (Å²) in [5, 5.41) is 2.02. The van der Waals surface area contributed by atoms with E-state index in [0.29, 0.717) is 5.89 Å². The molecular formula is C14H14N2OS. The Hall–Kier alpha value is -1.65. The van der Waals surface area contributed by atoms with Gasteiger partial charge < -0.3 is 10.2 Å². The minimum Gasteiger partial charge on any atom is -0.435 e. The normalized spacial score (nSPS) is 11.2. The minimum atomic E-state index is 0.705. The van der Waals surface area contributed by atoms with Gasteiger partial charge in [0.2, 0.25) is 5.89 Å². The molecule has 92 valence electrons. The molecule has 0 aliphatic carbocycles. The van der Waals surface area contributed by atoms with Gasteiger partial charge >= 0.3 is 0 Å². The highest BCUT2D eigenvalue weighted by molar-refractivity contribution is 7.13. The van der Waals surface area contributed by atoms with E-state index in [1.54, 1.807) is 11.3 Å². The Kier molecular flexibility index (Phi) is 3.13. The second-order valence-electron chi connectivity index (χ2n) is 4.19. The van der Waals surface area contributed by atoms with Crippen molar-refractivity contribution in [1.29, 1.82) is 0 Å². The lowest BCUT2D eigenvalue weighted by Crippen LogP contribution is -2.00. The van der Waals surface area contributed by atoms with Gasteiger partial charge in [-0.25, -0.2) is 4.98 Å². The smallest absolute Gasteiger partial charge is 0.237 e. The summed E-state index contributed by atoms with van der Waals surface area (Å²) < 4.78 is 5.75. The van der Waals surface area contributed by atoms with Crippen LogP contribution in [0.15, 0.2) is 40.1 Å². The van der Waals surface area contributed by atoms with Crippen molar-refractivity contribution in [3.8, 4) is 10.8 Å². The Morgan fingerprint density at radius 3 is 3.00 bits per heavy atom. The lowest BCUT2D eigenvalue weighted by molar-refractivity contribution is 0.621. The number of benzene rings is 1. The molecule has 0 atom stereocenters. The molecule has 0 aliphatic rings. The predicted octanol–water partition coefficient (Wildman–Crippen LogP) is 3.45. The summed E-state index contributed by atoms with van der Waals surface area (Å²) in [6.45, 7) is 0.720. The second-order valence-corrected chi connectivity index (χ2v) is 5.14. The Balaban J connectivity index is 1.97. The van der Waals surface area contributed by atoms with Gasteiger partial charge in [0.15, 0.2) is 5.58 Å². The number of nitrogens with two attached hydrogens (primary N) is 1. The van der Waals surface area contributed by atoms with Gasteiger partial charge in [-0.05, 0) is 48.5 Å². The molecule has 0 bridgehead atoms. The molecule has 3 nitrogen and oxygen atoms in total. The van der Waals surface area contributed by atoms with Crippen molar-refractivity contribution in [2.75, 3.05) is 6.54 Å². The monoisotopic (exact) mass is 258 g/mol. The van der Waals surface area contributed by atoms with Gasteiger partial charge in [0.1, 0.15) is 5.52 Å². The quantitative estimate of drug-likeness (QED) is 0.779. The van der Waals surface area contributed by atoms with Crippen molar-refractivity contribution in [3.63, 3.8) is 0 Å². The highest BCUT2D eigenvalue weighted by Crippen LogP contribution is 2.28. The summed E-state index contributed by atoms with van der Waals surface area (Å²) in [7, 11) is 0. The van der Waals surface area contributed by atoms with Gasteiger partial charge in [0.05, 0.1) is 4.88 Å². The third kappa shape index (κ3) is 2.17. The Bertz CT molecular complexity index is 643. The number of oxazole rings is 1. The summed E-state index contributed by atoms with van der Waals surface area (Å²) >= 11 is 1.64. The van der Waals surface area contributed by atoms with Gasteiger partial charge in [-0.15, -0.1) is 11.3 Å². The molecule has 0 unspecified atom stereocenters. The van der Waals surface area contributed by atoms with Crippen LogP contribution in [-0.2, 0) is 6.42 Å². The number of thiophene rings is 1. The third-order valence-corrected chi connectivity index (χ3v) is 3.71. The number of fused-ring (bicyclic) bond motifs is 1. The fourth-order valence-corrected chi connectivity index (χ4v) is 2.59. The number of hydrogen-bond acceptors (Lipinski definition) is 4. The highest BCUT2D eigenvalue weighted by atomic mass is 32.1. The van der Waals surface area contributed by atoms with Crippen LogP contribution in [0.25, 0.3) is 21.9 Å². The highest BCUT2D eigenvalue weighted by Gasteiger charge is 2.09. The lowest BCUT2D eigenvalue weighted by atomic mass is 10.1. The zero-order valence-electron chi connectivity index (χ0n) is 9.93. The average Bonchev–Trinajstić information content (AvgIpc) is 3.03. The molecule has 3 aromatic rings. The van der Waals surface area contributed by atoms with Crippen LogP contribution in [0.3, 0.4) is 0 Å². The molecule has 2 N–H and O–H groups in total. The summed E-state index contributed by atoms with van der Waals surface area (Å²) in [4.78, 5) is 5.60. The molecule has 0 aliphatic heterocycles. The van der Waals surface area contributed by atoms with E-state index in [0.717, 1.165) is 35.4 Å². The van der Waals surface area contributed by atoms with E-state index in [1.807, 2.05) is 23.6 Å².